The van der Waals surface area contributed by atoms with Gasteiger partial charge in [0, 0.05) is 21.4 Å². The average Bonchev–Trinajstić information content (AvgIpc) is 2.53. The Labute approximate surface area is 156 Å². The van der Waals surface area contributed by atoms with Crippen molar-refractivity contribution >= 4 is 47.5 Å². The molecule has 1 N–H and O–H groups in total. The molecule has 0 saturated heterocycles. The number of Topliss-reactive ketones (excluding diaryl/α,β-unsaturated/α-hetero) is 1. The van der Waals surface area contributed by atoms with E-state index < -0.39 is 11.9 Å². The van der Waals surface area contributed by atoms with Crippen LogP contribution >= 0.6 is 35.8 Å². The van der Waals surface area contributed by atoms with Crippen LogP contribution < -0.4 is 5.32 Å². The summed E-state index contributed by atoms with van der Waals surface area (Å²) in [5.74, 6) is -0.466. The molecule has 2 aromatic rings. The Morgan fingerprint density at radius 1 is 1.17 bits per heavy atom. The van der Waals surface area contributed by atoms with Gasteiger partial charge in [0.1, 0.15) is 0 Å². The number of ketones is 1. The van der Waals surface area contributed by atoms with Crippen LogP contribution in [0.2, 0.25) is 10.0 Å². The maximum atomic E-state index is 12.4. The molecular formula is C18H16Cl2NO2S. The maximum absolute atomic E-state index is 12.4. The molecule has 2 rings (SSSR count). The summed E-state index contributed by atoms with van der Waals surface area (Å²) in [6.07, 6.45) is 1.52. The molecule has 0 heterocycles. The minimum atomic E-state index is -0.738. The summed E-state index contributed by atoms with van der Waals surface area (Å²) in [6, 6.07) is 11.3. The lowest BCUT2D eigenvalue weighted by molar-refractivity contribution is -0.116. The molecule has 0 aliphatic heterocycles. The zero-order valence-electron chi connectivity index (χ0n) is 12.9. The van der Waals surface area contributed by atoms with Gasteiger partial charge in [0.2, 0.25) is 0 Å². The third-order valence-corrected chi connectivity index (χ3v) is 4.24. The monoisotopic (exact) mass is 380 g/mol. The Morgan fingerprint density at radius 2 is 1.79 bits per heavy atom. The molecule has 6 heteroatoms. The van der Waals surface area contributed by atoms with E-state index in [1.165, 1.54) is 24.6 Å². The van der Waals surface area contributed by atoms with Crippen molar-refractivity contribution in [3.05, 3.63) is 75.6 Å². The lowest BCUT2D eigenvalue weighted by atomic mass is 10.0. The van der Waals surface area contributed by atoms with Crippen molar-refractivity contribution in [3.63, 3.8) is 0 Å². The molecule has 0 bridgehead atoms. The Kier molecular flexibility index (Phi) is 6.72. The van der Waals surface area contributed by atoms with E-state index in [-0.39, 0.29) is 11.5 Å². The highest BCUT2D eigenvalue weighted by molar-refractivity contribution is 7.80. The third kappa shape index (κ3) is 5.00. The van der Waals surface area contributed by atoms with E-state index in [2.05, 4.69) is 17.9 Å². The molecule has 2 aromatic carbocycles. The van der Waals surface area contributed by atoms with E-state index in [0.717, 1.165) is 11.1 Å². The van der Waals surface area contributed by atoms with Crippen molar-refractivity contribution in [3.8, 4) is 0 Å². The highest BCUT2D eigenvalue weighted by Gasteiger charge is 2.21. The van der Waals surface area contributed by atoms with Crippen molar-refractivity contribution in [2.24, 2.45) is 0 Å². The number of carbonyl (C=O) groups is 2. The zero-order chi connectivity index (χ0) is 17.7. The lowest BCUT2D eigenvalue weighted by Gasteiger charge is -2.16. The fourth-order valence-corrected chi connectivity index (χ4v) is 2.93. The number of rotatable bonds is 6. The van der Waals surface area contributed by atoms with Crippen LogP contribution in [0.5, 0.6) is 0 Å². The van der Waals surface area contributed by atoms with Crippen LogP contribution in [0.25, 0.3) is 0 Å². The fourth-order valence-electron chi connectivity index (χ4n) is 2.14. The van der Waals surface area contributed by atoms with Crippen LogP contribution in [0.1, 0.15) is 21.5 Å². The fraction of sp³-hybridized carbons (Fsp3) is 0.167. The van der Waals surface area contributed by atoms with Crippen LogP contribution in [0, 0.1) is 13.3 Å². The highest BCUT2D eigenvalue weighted by Crippen LogP contribution is 2.19. The van der Waals surface area contributed by atoms with Crippen LogP contribution in [-0.4, -0.2) is 23.5 Å². The van der Waals surface area contributed by atoms with Crippen LogP contribution in [0.3, 0.4) is 0 Å². The minimum Gasteiger partial charge on any atom is -0.341 e. The first kappa shape index (κ1) is 18.8. The van der Waals surface area contributed by atoms with Gasteiger partial charge in [-0.3, -0.25) is 9.59 Å². The number of amides is 1. The average molecular weight is 381 g/mol. The Bertz CT molecular complexity index is 744. The largest absolute Gasteiger partial charge is 0.341 e. The Morgan fingerprint density at radius 3 is 2.38 bits per heavy atom. The van der Waals surface area contributed by atoms with E-state index in [1.54, 1.807) is 0 Å². The van der Waals surface area contributed by atoms with Crippen molar-refractivity contribution in [1.82, 2.24) is 5.32 Å². The first-order valence-electron chi connectivity index (χ1n) is 7.22. The van der Waals surface area contributed by atoms with Crippen molar-refractivity contribution in [2.75, 3.05) is 5.75 Å². The molecule has 0 aliphatic carbocycles. The zero-order valence-corrected chi connectivity index (χ0v) is 15.3. The van der Waals surface area contributed by atoms with Crippen LogP contribution in [0.4, 0.5) is 0 Å². The topological polar surface area (TPSA) is 46.2 Å². The quantitative estimate of drug-likeness (QED) is 0.739. The molecule has 0 saturated carbocycles. The molecule has 24 heavy (non-hydrogen) atoms. The van der Waals surface area contributed by atoms with Gasteiger partial charge in [0.05, 0.1) is 12.5 Å². The van der Waals surface area contributed by atoms with Crippen molar-refractivity contribution in [1.29, 1.82) is 0 Å². The van der Waals surface area contributed by atoms with Gasteiger partial charge in [-0.2, -0.15) is 12.6 Å². The summed E-state index contributed by atoms with van der Waals surface area (Å²) in [7, 11) is 0. The molecule has 1 radical (unpaired) electrons. The number of halogens is 2. The van der Waals surface area contributed by atoms with Crippen LogP contribution in [0.15, 0.2) is 42.5 Å². The molecule has 1 amide bonds. The molecule has 125 valence electrons. The number of nitrogens with one attached hydrogen (secondary N) is 1. The SMILES string of the molecule is Cc1ccccc1[CH]C(=O)[C@@H](CS)NC(=O)c1cc(Cl)cc(Cl)c1. The lowest BCUT2D eigenvalue weighted by Crippen LogP contribution is -2.42. The normalized spacial score (nSPS) is 11.8. The highest BCUT2D eigenvalue weighted by atomic mass is 35.5. The Balaban J connectivity index is 2.09. The second-order valence-corrected chi connectivity index (χ2v) is 6.51. The molecule has 0 aliphatic rings. The second-order valence-electron chi connectivity index (χ2n) is 5.27. The van der Waals surface area contributed by atoms with Gasteiger partial charge in [0.15, 0.2) is 5.78 Å². The van der Waals surface area contributed by atoms with Gasteiger partial charge in [0.25, 0.3) is 5.91 Å². The number of carbonyl (C=O) groups excluding carboxylic acids is 2. The molecule has 0 fully saturated rings. The first-order valence-corrected chi connectivity index (χ1v) is 8.61. The van der Waals surface area contributed by atoms with E-state index in [0.29, 0.717) is 15.6 Å². The summed E-state index contributed by atoms with van der Waals surface area (Å²) in [5.41, 5.74) is 2.09. The Hall–Kier alpha value is -1.49. The number of hydrogen-bond acceptors (Lipinski definition) is 3. The van der Waals surface area contributed by atoms with Gasteiger partial charge >= 0.3 is 0 Å². The predicted octanol–water partition coefficient (Wildman–Crippen LogP) is 4.15. The smallest absolute Gasteiger partial charge is 0.251 e. The maximum Gasteiger partial charge on any atom is 0.251 e. The standard InChI is InChI=1S/C18H16Cl2NO2S/c1-11-4-2-3-5-12(11)8-17(22)16(10-24)21-18(23)13-6-14(19)9-15(20)7-13/h2-9,16,24H,10H2,1H3,(H,21,23)/t16-/m1/s1. The van der Waals surface area contributed by atoms with Gasteiger partial charge in [-0.25, -0.2) is 0 Å². The molecule has 1 atom stereocenters. The molecule has 0 unspecified atom stereocenters. The summed E-state index contributed by atoms with van der Waals surface area (Å²) >= 11 is 16.0. The van der Waals surface area contributed by atoms with E-state index >= 15 is 0 Å². The molecular weight excluding hydrogens is 365 g/mol. The van der Waals surface area contributed by atoms with Gasteiger partial charge in [-0.1, -0.05) is 47.5 Å². The minimum absolute atomic E-state index is 0.182. The second kappa shape index (κ2) is 8.56. The summed E-state index contributed by atoms with van der Waals surface area (Å²) < 4.78 is 0. The summed E-state index contributed by atoms with van der Waals surface area (Å²) in [5, 5.41) is 3.37. The first-order chi connectivity index (χ1) is 11.4. The predicted molar refractivity (Wildman–Crippen MR) is 101 cm³/mol. The summed E-state index contributed by atoms with van der Waals surface area (Å²) in [4.78, 5) is 24.7. The third-order valence-electron chi connectivity index (χ3n) is 3.44. The van der Waals surface area contributed by atoms with Crippen molar-refractivity contribution < 1.29 is 9.59 Å². The van der Waals surface area contributed by atoms with Crippen molar-refractivity contribution in [2.45, 2.75) is 13.0 Å². The number of benzene rings is 2. The van der Waals surface area contributed by atoms with Gasteiger partial charge in [-0.15, -0.1) is 0 Å². The molecule has 0 aromatic heterocycles. The van der Waals surface area contributed by atoms with E-state index in [9.17, 15) is 9.59 Å². The number of hydrogen-bond donors (Lipinski definition) is 2. The molecule has 0 spiro atoms. The van der Waals surface area contributed by atoms with Gasteiger partial charge in [-0.05, 0) is 36.2 Å². The van der Waals surface area contributed by atoms with E-state index in [1.807, 2.05) is 31.2 Å². The summed E-state index contributed by atoms with van der Waals surface area (Å²) in [6.45, 7) is 1.92. The number of thiol groups is 1. The van der Waals surface area contributed by atoms with Gasteiger partial charge < -0.3 is 5.32 Å². The van der Waals surface area contributed by atoms with E-state index in [4.69, 9.17) is 23.2 Å². The number of aryl methyl sites for hydroxylation is 1. The van der Waals surface area contributed by atoms with Crippen LogP contribution in [-0.2, 0) is 4.79 Å². The molecule has 3 nitrogen and oxygen atoms in total.